The fourth-order valence-electron chi connectivity index (χ4n) is 3.17. The Kier molecular flexibility index (Phi) is 8.64. The number of aromatic nitrogens is 2. The van der Waals surface area contributed by atoms with Gasteiger partial charge in [-0.3, -0.25) is 9.00 Å². The number of carbonyl (C=O) groups is 1. The molecule has 34 heavy (non-hydrogen) atoms. The summed E-state index contributed by atoms with van der Waals surface area (Å²) < 4.78 is 12.3. The molecule has 1 heterocycles. The lowest BCUT2D eigenvalue weighted by molar-refractivity contribution is 0.104. The zero-order valence-electron chi connectivity index (χ0n) is 19.2. The molecule has 0 aliphatic heterocycles. The van der Waals surface area contributed by atoms with Gasteiger partial charge in [0.25, 0.3) is 0 Å². The number of aliphatic hydroxyl groups is 1. The van der Waals surface area contributed by atoms with E-state index in [9.17, 15) is 9.00 Å². The van der Waals surface area contributed by atoms with Gasteiger partial charge in [0.05, 0.1) is 29.3 Å². The van der Waals surface area contributed by atoms with Crippen molar-refractivity contribution in [1.82, 2.24) is 15.3 Å². The summed E-state index contributed by atoms with van der Waals surface area (Å²) >= 11 is 0. The van der Waals surface area contributed by atoms with E-state index in [0.717, 1.165) is 16.0 Å². The lowest BCUT2D eigenvalue weighted by atomic mass is 10.1. The van der Waals surface area contributed by atoms with Crippen LogP contribution in [0.5, 0.6) is 0 Å². The average Bonchev–Trinajstić information content (AvgIpc) is 2.84. The molecule has 178 valence electrons. The number of allylic oxidation sites excluding steroid dienone is 1. The number of nitrogens with zero attached hydrogens (tertiary/aromatic N) is 2. The van der Waals surface area contributed by atoms with Gasteiger partial charge in [-0.25, -0.2) is 9.97 Å². The molecule has 0 fully saturated rings. The van der Waals surface area contributed by atoms with Crippen molar-refractivity contribution in [2.24, 2.45) is 5.73 Å². The lowest BCUT2D eigenvalue weighted by Crippen LogP contribution is -2.17. The maximum atomic E-state index is 12.9. The van der Waals surface area contributed by atoms with Crippen LogP contribution in [0.1, 0.15) is 35.5 Å². The number of hydrogen-bond donors (Lipinski definition) is 4. The Bertz CT molecular complexity index is 1190. The first-order chi connectivity index (χ1) is 16.3. The summed E-state index contributed by atoms with van der Waals surface area (Å²) in [5.74, 6) is -0.434. The SMILES string of the molecule is CC(C)S(=O)c1ccc(-c2cnc(N)c(C(=O)C=C(N)c3ccc(CNCCO)cc3)n2)cc1. The number of anilines is 1. The summed E-state index contributed by atoms with van der Waals surface area (Å²) in [5.41, 5.74) is 15.3. The van der Waals surface area contributed by atoms with E-state index >= 15 is 0 Å². The van der Waals surface area contributed by atoms with Crippen molar-refractivity contribution < 1.29 is 14.1 Å². The minimum absolute atomic E-state index is 0.0140. The van der Waals surface area contributed by atoms with Gasteiger partial charge in [-0.2, -0.15) is 0 Å². The van der Waals surface area contributed by atoms with Gasteiger partial charge in [0.2, 0.25) is 5.78 Å². The quantitative estimate of drug-likeness (QED) is 0.197. The number of carbonyl (C=O) groups excluding carboxylic acids is 1. The molecule has 1 atom stereocenters. The highest BCUT2D eigenvalue weighted by molar-refractivity contribution is 7.85. The molecule has 0 radical (unpaired) electrons. The fraction of sp³-hybridized carbons (Fsp3) is 0.240. The summed E-state index contributed by atoms with van der Waals surface area (Å²) in [7, 11) is -1.09. The number of rotatable bonds is 10. The van der Waals surface area contributed by atoms with Gasteiger partial charge in [-0.1, -0.05) is 50.2 Å². The second-order valence-corrected chi connectivity index (χ2v) is 9.93. The Hall–Kier alpha value is -3.40. The van der Waals surface area contributed by atoms with Crippen LogP contribution < -0.4 is 16.8 Å². The average molecular weight is 480 g/mol. The topological polar surface area (TPSA) is 144 Å². The normalized spacial score (nSPS) is 12.6. The van der Waals surface area contributed by atoms with Gasteiger partial charge in [0.1, 0.15) is 0 Å². The predicted octanol–water partition coefficient (Wildman–Crippen LogP) is 2.51. The highest BCUT2D eigenvalue weighted by Crippen LogP contribution is 2.22. The van der Waals surface area contributed by atoms with Crippen LogP contribution in [0, 0.1) is 0 Å². The van der Waals surface area contributed by atoms with Crippen molar-refractivity contribution in [2.75, 3.05) is 18.9 Å². The minimum atomic E-state index is -1.09. The second-order valence-electron chi connectivity index (χ2n) is 7.92. The zero-order chi connectivity index (χ0) is 24.7. The van der Waals surface area contributed by atoms with E-state index < -0.39 is 16.6 Å². The Morgan fingerprint density at radius 2 is 1.82 bits per heavy atom. The third-order valence-corrected chi connectivity index (χ3v) is 6.63. The van der Waals surface area contributed by atoms with Crippen LogP contribution in [0.3, 0.4) is 0 Å². The number of nitrogen functional groups attached to an aromatic ring is 1. The molecule has 6 N–H and O–H groups in total. The Morgan fingerprint density at radius 3 is 2.44 bits per heavy atom. The summed E-state index contributed by atoms with van der Waals surface area (Å²) in [5, 5.41) is 12.0. The van der Waals surface area contributed by atoms with Crippen LogP contribution in [-0.2, 0) is 17.3 Å². The van der Waals surface area contributed by atoms with Crippen molar-refractivity contribution in [2.45, 2.75) is 30.5 Å². The van der Waals surface area contributed by atoms with Crippen molar-refractivity contribution in [3.05, 3.63) is 77.6 Å². The molecule has 0 amide bonds. The molecule has 0 aliphatic rings. The molecule has 8 nitrogen and oxygen atoms in total. The monoisotopic (exact) mass is 479 g/mol. The van der Waals surface area contributed by atoms with Crippen LogP contribution in [0.15, 0.2) is 65.7 Å². The fourth-order valence-corrected chi connectivity index (χ4v) is 4.12. The number of nitrogens with one attached hydrogen (secondary N) is 1. The van der Waals surface area contributed by atoms with Crippen LogP contribution in [-0.4, -0.2) is 43.5 Å². The molecule has 0 saturated carbocycles. The number of hydrogen-bond acceptors (Lipinski definition) is 8. The summed E-state index contributed by atoms with van der Waals surface area (Å²) in [4.78, 5) is 22.1. The number of aliphatic hydroxyl groups excluding tert-OH is 1. The van der Waals surface area contributed by atoms with E-state index in [1.54, 1.807) is 24.3 Å². The Balaban J connectivity index is 1.79. The number of nitrogens with two attached hydrogens (primary N) is 2. The van der Waals surface area contributed by atoms with Gasteiger partial charge in [-0.15, -0.1) is 0 Å². The van der Waals surface area contributed by atoms with Gasteiger partial charge in [-0.05, 0) is 23.3 Å². The molecular formula is C25H29N5O3S. The van der Waals surface area contributed by atoms with Crippen molar-refractivity contribution >= 4 is 28.1 Å². The van der Waals surface area contributed by atoms with E-state index in [2.05, 4.69) is 15.3 Å². The van der Waals surface area contributed by atoms with Crippen LogP contribution in [0.2, 0.25) is 0 Å². The molecule has 3 aromatic rings. The molecule has 1 unspecified atom stereocenters. The molecule has 0 aliphatic carbocycles. The number of ketones is 1. The lowest BCUT2D eigenvalue weighted by Gasteiger charge is -2.08. The maximum Gasteiger partial charge on any atom is 0.210 e. The molecule has 1 aromatic heterocycles. The zero-order valence-corrected chi connectivity index (χ0v) is 20.0. The second kappa shape index (κ2) is 11.6. The van der Waals surface area contributed by atoms with E-state index in [1.807, 2.05) is 38.1 Å². The summed E-state index contributed by atoms with van der Waals surface area (Å²) in [6, 6.07) is 14.6. The molecule has 0 bridgehead atoms. The van der Waals surface area contributed by atoms with E-state index in [4.69, 9.17) is 16.6 Å². The van der Waals surface area contributed by atoms with E-state index in [1.165, 1.54) is 12.3 Å². The standard InChI is InChI=1S/C25H29N5O3S/c1-16(2)34(33)20-9-7-19(8-10-20)22-15-29-25(27)24(30-22)23(32)13-21(26)18-5-3-17(4-6-18)14-28-11-12-31/h3-10,13,15-16,28,31H,11-12,14,26H2,1-2H3,(H2,27,29). The van der Waals surface area contributed by atoms with E-state index in [0.29, 0.717) is 24.3 Å². The highest BCUT2D eigenvalue weighted by Gasteiger charge is 2.15. The van der Waals surface area contributed by atoms with Crippen LogP contribution in [0.4, 0.5) is 5.82 Å². The van der Waals surface area contributed by atoms with Crippen LogP contribution >= 0.6 is 0 Å². The third-order valence-electron chi connectivity index (χ3n) is 5.04. The van der Waals surface area contributed by atoms with Gasteiger partial charge in [0, 0.05) is 40.6 Å². The molecule has 3 rings (SSSR count). The molecule has 0 spiro atoms. The van der Waals surface area contributed by atoms with Crippen molar-refractivity contribution in [1.29, 1.82) is 0 Å². The first-order valence-electron chi connectivity index (χ1n) is 10.9. The van der Waals surface area contributed by atoms with Gasteiger partial charge < -0.3 is 21.9 Å². The van der Waals surface area contributed by atoms with Crippen molar-refractivity contribution in [3.8, 4) is 11.3 Å². The third kappa shape index (κ3) is 6.34. The maximum absolute atomic E-state index is 12.9. The van der Waals surface area contributed by atoms with Crippen LogP contribution in [0.25, 0.3) is 17.0 Å². The Morgan fingerprint density at radius 1 is 1.15 bits per heavy atom. The molecule has 9 heteroatoms. The first-order valence-corrected chi connectivity index (χ1v) is 12.1. The molecule has 2 aromatic carbocycles. The highest BCUT2D eigenvalue weighted by atomic mass is 32.2. The smallest absolute Gasteiger partial charge is 0.210 e. The predicted molar refractivity (Wildman–Crippen MR) is 135 cm³/mol. The van der Waals surface area contributed by atoms with Crippen molar-refractivity contribution in [3.63, 3.8) is 0 Å². The van der Waals surface area contributed by atoms with Gasteiger partial charge >= 0.3 is 0 Å². The van der Waals surface area contributed by atoms with Gasteiger partial charge in [0.15, 0.2) is 11.5 Å². The largest absolute Gasteiger partial charge is 0.398 e. The minimum Gasteiger partial charge on any atom is -0.398 e. The molecular weight excluding hydrogens is 450 g/mol. The molecule has 0 saturated heterocycles. The summed E-state index contributed by atoms with van der Waals surface area (Å²) in [6.07, 6.45) is 2.79. The Labute approximate surface area is 201 Å². The summed E-state index contributed by atoms with van der Waals surface area (Å²) in [6.45, 7) is 5.01. The van der Waals surface area contributed by atoms with E-state index in [-0.39, 0.29) is 29.1 Å². The first kappa shape index (κ1) is 25.2. The number of benzene rings is 2.